The first-order valence-corrected chi connectivity index (χ1v) is 5.21. The minimum atomic E-state index is -0.353. The van der Waals surface area contributed by atoms with Gasteiger partial charge >= 0.3 is 0 Å². The van der Waals surface area contributed by atoms with Crippen molar-refractivity contribution in [1.82, 2.24) is 15.2 Å². The van der Waals surface area contributed by atoms with Crippen molar-refractivity contribution in [1.29, 1.82) is 0 Å². The van der Waals surface area contributed by atoms with E-state index in [2.05, 4.69) is 20.5 Å². The number of amides is 1. The lowest BCUT2D eigenvalue weighted by Crippen LogP contribution is -2.13. The van der Waals surface area contributed by atoms with Crippen molar-refractivity contribution in [3.05, 3.63) is 34.6 Å². The standard InChI is InChI=1S/C8H5ClN4OS/c9-6-3-1-2-5(11-6)7(14)12-8-13-10-4-15-8/h1-4H,(H,12,13,14). The smallest absolute Gasteiger partial charge is 0.276 e. The van der Waals surface area contributed by atoms with E-state index in [0.29, 0.717) is 5.13 Å². The number of halogens is 1. The topological polar surface area (TPSA) is 67.8 Å². The lowest BCUT2D eigenvalue weighted by atomic mass is 10.3. The Morgan fingerprint density at radius 2 is 2.33 bits per heavy atom. The molecule has 2 aromatic rings. The van der Waals surface area contributed by atoms with E-state index in [9.17, 15) is 4.79 Å². The van der Waals surface area contributed by atoms with Gasteiger partial charge < -0.3 is 0 Å². The van der Waals surface area contributed by atoms with Crippen molar-refractivity contribution < 1.29 is 4.79 Å². The van der Waals surface area contributed by atoms with Crippen molar-refractivity contribution >= 4 is 34.0 Å². The molecule has 7 heteroatoms. The minimum Gasteiger partial charge on any atom is -0.295 e. The Bertz CT molecular complexity index is 473. The Hall–Kier alpha value is -1.53. The first kappa shape index (κ1) is 10.0. The maximum atomic E-state index is 11.6. The Morgan fingerprint density at radius 1 is 1.47 bits per heavy atom. The molecule has 2 aromatic heterocycles. The minimum absolute atomic E-state index is 0.248. The maximum Gasteiger partial charge on any atom is 0.276 e. The molecule has 0 aromatic carbocycles. The molecule has 1 amide bonds. The third-order valence-electron chi connectivity index (χ3n) is 1.53. The molecule has 0 bridgehead atoms. The molecule has 0 unspecified atom stereocenters. The molecule has 5 nitrogen and oxygen atoms in total. The van der Waals surface area contributed by atoms with E-state index in [1.165, 1.54) is 16.8 Å². The van der Waals surface area contributed by atoms with E-state index >= 15 is 0 Å². The molecule has 76 valence electrons. The number of nitrogens with one attached hydrogen (secondary N) is 1. The zero-order valence-electron chi connectivity index (χ0n) is 7.35. The Morgan fingerprint density at radius 3 is 3.00 bits per heavy atom. The number of anilines is 1. The number of nitrogens with zero attached hydrogens (tertiary/aromatic N) is 3. The zero-order chi connectivity index (χ0) is 10.7. The van der Waals surface area contributed by atoms with Gasteiger partial charge in [0.1, 0.15) is 16.4 Å². The van der Waals surface area contributed by atoms with Gasteiger partial charge in [-0.05, 0) is 12.1 Å². The van der Waals surface area contributed by atoms with Gasteiger partial charge in [-0.15, -0.1) is 10.2 Å². The molecule has 0 radical (unpaired) electrons. The summed E-state index contributed by atoms with van der Waals surface area (Å²) in [5.74, 6) is -0.353. The number of hydrogen-bond donors (Lipinski definition) is 1. The second-order valence-corrected chi connectivity index (χ2v) is 3.76. The summed E-state index contributed by atoms with van der Waals surface area (Å²) in [5.41, 5.74) is 1.78. The lowest BCUT2D eigenvalue weighted by molar-refractivity contribution is 0.102. The molecule has 0 atom stereocenters. The zero-order valence-corrected chi connectivity index (χ0v) is 8.92. The quantitative estimate of drug-likeness (QED) is 0.814. The molecule has 2 rings (SSSR count). The number of carbonyl (C=O) groups is 1. The van der Waals surface area contributed by atoms with Crippen LogP contribution in [0.5, 0.6) is 0 Å². The second-order valence-electron chi connectivity index (χ2n) is 2.54. The summed E-state index contributed by atoms with van der Waals surface area (Å²) >= 11 is 6.89. The van der Waals surface area contributed by atoms with Crippen LogP contribution >= 0.6 is 22.9 Å². The van der Waals surface area contributed by atoms with Crippen LogP contribution < -0.4 is 5.32 Å². The summed E-state index contributed by atoms with van der Waals surface area (Å²) in [4.78, 5) is 15.4. The highest BCUT2D eigenvalue weighted by atomic mass is 35.5. The van der Waals surface area contributed by atoms with Crippen LogP contribution in [0.25, 0.3) is 0 Å². The van der Waals surface area contributed by atoms with Gasteiger partial charge in [0.15, 0.2) is 0 Å². The van der Waals surface area contributed by atoms with Gasteiger partial charge in [-0.1, -0.05) is 29.0 Å². The largest absolute Gasteiger partial charge is 0.295 e. The van der Waals surface area contributed by atoms with Crippen LogP contribution in [0.2, 0.25) is 5.15 Å². The van der Waals surface area contributed by atoms with Crippen LogP contribution in [0.1, 0.15) is 10.5 Å². The summed E-state index contributed by atoms with van der Waals surface area (Å²) < 4.78 is 0. The summed E-state index contributed by atoms with van der Waals surface area (Å²) in [6, 6.07) is 4.83. The average molecular weight is 241 g/mol. The van der Waals surface area contributed by atoms with Gasteiger partial charge in [0.2, 0.25) is 5.13 Å². The number of aromatic nitrogens is 3. The fraction of sp³-hybridized carbons (Fsp3) is 0. The third kappa shape index (κ3) is 2.48. The fourth-order valence-corrected chi connectivity index (χ4v) is 1.53. The first-order chi connectivity index (χ1) is 7.25. The SMILES string of the molecule is O=C(Nc1nncs1)c1cccc(Cl)n1. The predicted molar refractivity (Wildman–Crippen MR) is 57.1 cm³/mol. The van der Waals surface area contributed by atoms with Crippen LogP contribution in [0.4, 0.5) is 5.13 Å². The molecular formula is C8H5ClN4OS. The van der Waals surface area contributed by atoms with Crippen molar-refractivity contribution in [3.8, 4) is 0 Å². The average Bonchev–Trinajstić information content (AvgIpc) is 2.70. The Balaban J connectivity index is 2.15. The first-order valence-electron chi connectivity index (χ1n) is 3.96. The van der Waals surface area contributed by atoms with Crippen molar-refractivity contribution in [2.45, 2.75) is 0 Å². The van der Waals surface area contributed by atoms with Crippen LogP contribution in [0.15, 0.2) is 23.7 Å². The molecule has 0 fully saturated rings. The van der Waals surface area contributed by atoms with Crippen molar-refractivity contribution in [2.24, 2.45) is 0 Å². The molecule has 1 N–H and O–H groups in total. The molecule has 0 saturated heterocycles. The number of hydrogen-bond acceptors (Lipinski definition) is 5. The van der Waals surface area contributed by atoms with E-state index in [1.807, 2.05) is 0 Å². The van der Waals surface area contributed by atoms with E-state index in [0.717, 1.165) is 0 Å². The Kier molecular flexibility index (Phi) is 2.89. The van der Waals surface area contributed by atoms with Gasteiger partial charge in [0, 0.05) is 0 Å². The van der Waals surface area contributed by atoms with E-state index in [1.54, 1.807) is 18.2 Å². The van der Waals surface area contributed by atoms with Gasteiger partial charge in [0.05, 0.1) is 0 Å². The van der Waals surface area contributed by atoms with E-state index in [-0.39, 0.29) is 16.8 Å². The van der Waals surface area contributed by atoms with Gasteiger partial charge in [-0.2, -0.15) is 0 Å². The molecule has 0 aliphatic rings. The van der Waals surface area contributed by atoms with Crippen molar-refractivity contribution in [2.75, 3.05) is 5.32 Å². The van der Waals surface area contributed by atoms with Gasteiger partial charge in [-0.3, -0.25) is 10.1 Å². The van der Waals surface area contributed by atoms with Crippen LogP contribution in [0.3, 0.4) is 0 Å². The highest BCUT2D eigenvalue weighted by Crippen LogP contribution is 2.11. The molecular weight excluding hydrogens is 236 g/mol. The van der Waals surface area contributed by atoms with Crippen LogP contribution in [0, 0.1) is 0 Å². The fourth-order valence-electron chi connectivity index (χ4n) is 0.923. The van der Waals surface area contributed by atoms with Gasteiger partial charge in [0.25, 0.3) is 5.91 Å². The summed E-state index contributed by atoms with van der Waals surface area (Å²) in [6.07, 6.45) is 0. The molecule has 0 aliphatic heterocycles. The second kappa shape index (κ2) is 4.33. The maximum absolute atomic E-state index is 11.6. The van der Waals surface area contributed by atoms with E-state index in [4.69, 9.17) is 11.6 Å². The molecule has 0 spiro atoms. The third-order valence-corrected chi connectivity index (χ3v) is 2.35. The number of rotatable bonds is 2. The van der Waals surface area contributed by atoms with E-state index < -0.39 is 0 Å². The number of carbonyl (C=O) groups excluding carboxylic acids is 1. The summed E-state index contributed by atoms with van der Waals surface area (Å²) in [7, 11) is 0. The van der Waals surface area contributed by atoms with Crippen LogP contribution in [-0.4, -0.2) is 21.1 Å². The highest BCUT2D eigenvalue weighted by molar-refractivity contribution is 7.13. The van der Waals surface area contributed by atoms with Gasteiger partial charge in [-0.25, -0.2) is 4.98 Å². The number of pyridine rings is 1. The summed E-state index contributed by atoms with van der Waals surface area (Å²) in [5, 5.41) is 10.5. The predicted octanol–water partition coefficient (Wildman–Crippen LogP) is 1.84. The Labute approximate surface area is 94.1 Å². The monoisotopic (exact) mass is 240 g/mol. The normalized spacial score (nSPS) is 9.93. The molecule has 0 aliphatic carbocycles. The molecule has 0 saturated carbocycles. The lowest BCUT2D eigenvalue weighted by Gasteiger charge is -1.99. The molecule has 2 heterocycles. The van der Waals surface area contributed by atoms with Crippen LogP contribution in [-0.2, 0) is 0 Å². The summed E-state index contributed by atoms with van der Waals surface area (Å²) in [6.45, 7) is 0. The highest BCUT2D eigenvalue weighted by Gasteiger charge is 2.09. The molecule has 15 heavy (non-hydrogen) atoms. The van der Waals surface area contributed by atoms with Crippen molar-refractivity contribution in [3.63, 3.8) is 0 Å².